The van der Waals surface area contributed by atoms with Crippen molar-refractivity contribution in [1.29, 1.82) is 0 Å². The predicted molar refractivity (Wildman–Crippen MR) is 98.1 cm³/mol. The Morgan fingerprint density at radius 2 is 2.26 bits per heavy atom. The maximum Gasteiger partial charge on any atom is 0.231 e. The fourth-order valence-electron chi connectivity index (χ4n) is 6.89. The standard InChI is InChI=1S/C21H22N2O4/c1-3-10-7-23-14-6-21-16(23)4-11(10)12(14)8-25-20(21)22-13-5-15-18(27-9-26-15)19(24-2)17(13)21/h3,5,11-12,14,16H,4,6-9H2,1-2H3. The highest BCUT2D eigenvalue weighted by Gasteiger charge is 2.69. The summed E-state index contributed by atoms with van der Waals surface area (Å²) in [7, 11) is 1.72. The van der Waals surface area contributed by atoms with Gasteiger partial charge in [0.05, 0.1) is 24.8 Å². The Balaban J connectivity index is 1.49. The topological polar surface area (TPSA) is 52.5 Å². The van der Waals surface area contributed by atoms with Gasteiger partial charge in [-0.25, -0.2) is 4.99 Å². The van der Waals surface area contributed by atoms with E-state index >= 15 is 0 Å². The largest absolute Gasteiger partial charge is 0.492 e. The summed E-state index contributed by atoms with van der Waals surface area (Å²) < 4.78 is 23.7. The Kier molecular flexibility index (Phi) is 2.53. The van der Waals surface area contributed by atoms with Gasteiger partial charge in [0.15, 0.2) is 11.5 Å². The highest BCUT2D eigenvalue weighted by molar-refractivity contribution is 6.00. The van der Waals surface area contributed by atoms with Crippen molar-refractivity contribution in [2.45, 2.75) is 37.3 Å². The molecule has 5 saturated heterocycles. The average molecular weight is 366 g/mol. The van der Waals surface area contributed by atoms with Crippen molar-refractivity contribution in [2.24, 2.45) is 16.8 Å². The van der Waals surface area contributed by atoms with Crippen LogP contribution in [0.15, 0.2) is 22.7 Å². The quantitative estimate of drug-likeness (QED) is 0.716. The van der Waals surface area contributed by atoms with Crippen molar-refractivity contribution in [1.82, 2.24) is 4.90 Å². The van der Waals surface area contributed by atoms with Crippen molar-refractivity contribution in [3.05, 3.63) is 23.3 Å². The highest BCUT2D eigenvalue weighted by Crippen LogP contribution is 2.66. The Labute approximate surface area is 157 Å². The van der Waals surface area contributed by atoms with E-state index in [1.165, 1.54) is 6.42 Å². The van der Waals surface area contributed by atoms with Crippen molar-refractivity contribution in [3.63, 3.8) is 0 Å². The summed E-state index contributed by atoms with van der Waals surface area (Å²) >= 11 is 0. The number of hydrogen-bond donors (Lipinski definition) is 0. The van der Waals surface area contributed by atoms with Gasteiger partial charge < -0.3 is 18.9 Å². The first kappa shape index (κ1) is 14.8. The molecule has 0 N–H and O–H groups in total. The van der Waals surface area contributed by atoms with Gasteiger partial charge in [-0.05, 0) is 25.7 Å². The summed E-state index contributed by atoms with van der Waals surface area (Å²) in [4.78, 5) is 7.70. The summed E-state index contributed by atoms with van der Waals surface area (Å²) in [5.74, 6) is 4.33. The molecule has 27 heavy (non-hydrogen) atoms. The van der Waals surface area contributed by atoms with Gasteiger partial charge in [-0.2, -0.15) is 0 Å². The summed E-state index contributed by atoms with van der Waals surface area (Å²) in [6, 6.07) is 2.98. The lowest BCUT2D eigenvalue weighted by Gasteiger charge is -2.54. The molecule has 6 unspecified atom stereocenters. The molecule has 1 spiro atoms. The zero-order valence-electron chi connectivity index (χ0n) is 15.5. The number of rotatable bonds is 1. The first-order valence-corrected chi connectivity index (χ1v) is 9.90. The molecule has 7 aliphatic heterocycles. The van der Waals surface area contributed by atoms with E-state index in [0.717, 1.165) is 54.0 Å². The molecule has 6 heteroatoms. The number of ether oxygens (including phenoxy) is 4. The Morgan fingerprint density at radius 3 is 3.11 bits per heavy atom. The predicted octanol–water partition coefficient (Wildman–Crippen LogP) is 2.77. The first-order valence-electron chi connectivity index (χ1n) is 9.90. The molecule has 0 saturated carbocycles. The zero-order valence-corrected chi connectivity index (χ0v) is 15.5. The molecule has 5 bridgehead atoms. The lowest BCUT2D eigenvalue weighted by molar-refractivity contribution is -0.0152. The highest BCUT2D eigenvalue weighted by atomic mass is 16.7. The number of nitrogens with zero attached hydrogens (tertiary/aromatic N) is 2. The summed E-state index contributed by atoms with van der Waals surface area (Å²) in [6.45, 7) is 4.27. The van der Waals surface area contributed by atoms with Crippen molar-refractivity contribution in [2.75, 3.05) is 27.1 Å². The van der Waals surface area contributed by atoms with Crippen LogP contribution in [0.3, 0.4) is 0 Å². The fourth-order valence-corrected chi connectivity index (χ4v) is 6.89. The number of methoxy groups -OCH3 is 1. The van der Waals surface area contributed by atoms with Gasteiger partial charge in [-0.3, -0.25) is 4.90 Å². The van der Waals surface area contributed by atoms with Gasteiger partial charge in [0, 0.05) is 36.2 Å². The Morgan fingerprint density at radius 1 is 1.33 bits per heavy atom. The van der Waals surface area contributed by atoms with Crippen molar-refractivity contribution in [3.8, 4) is 17.2 Å². The SMILES string of the molecule is CC=C1CN2C3CC45C(=Nc6cc7c(c(OC)c64)OCO7)OCC3C1CC25. The van der Waals surface area contributed by atoms with E-state index in [0.29, 0.717) is 23.9 Å². The van der Waals surface area contributed by atoms with Gasteiger partial charge in [-0.15, -0.1) is 0 Å². The minimum atomic E-state index is -0.213. The van der Waals surface area contributed by atoms with Crippen LogP contribution in [-0.4, -0.2) is 49.9 Å². The van der Waals surface area contributed by atoms with Crippen LogP contribution >= 0.6 is 0 Å². The summed E-state index contributed by atoms with van der Waals surface area (Å²) in [6.07, 6.45) is 4.57. The third kappa shape index (κ3) is 1.47. The molecule has 1 aromatic carbocycles. The van der Waals surface area contributed by atoms with Crippen LogP contribution in [0.5, 0.6) is 17.2 Å². The number of allylic oxidation sites excluding steroid dienone is 1. The average Bonchev–Trinajstić information content (AvgIpc) is 3.30. The van der Waals surface area contributed by atoms with E-state index in [1.807, 2.05) is 6.07 Å². The first-order chi connectivity index (χ1) is 13.3. The monoisotopic (exact) mass is 366 g/mol. The number of hydrogen-bond acceptors (Lipinski definition) is 6. The Bertz CT molecular complexity index is 954. The molecule has 7 heterocycles. The molecule has 140 valence electrons. The number of fused-ring (bicyclic) bond motifs is 3. The maximum absolute atomic E-state index is 6.40. The minimum Gasteiger partial charge on any atom is -0.492 e. The van der Waals surface area contributed by atoms with E-state index in [-0.39, 0.29) is 12.2 Å². The van der Waals surface area contributed by atoms with Crippen LogP contribution in [0.4, 0.5) is 5.69 Å². The molecule has 0 radical (unpaired) electrons. The number of benzene rings is 1. The van der Waals surface area contributed by atoms with E-state index in [9.17, 15) is 0 Å². The van der Waals surface area contributed by atoms with Gasteiger partial charge in [0.2, 0.25) is 18.4 Å². The molecular weight excluding hydrogens is 344 g/mol. The number of aliphatic imine (C=N–C) groups is 1. The lowest BCUT2D eigenvalue weighted by atomic mass is 9.68. The van der Waals surface area contributed by atoms with Crippen LogP contribution in [-0.2, 0) is 10.2 Å². The molecule has 1 aromatic rings. The molecule has 5 fully saturated rings. The number of piperidine rings is 3. The van der Waals surface area contributed by atoms with Crippen LogP contribution in [0.2, 0.25) is 0 Å². The van der Waals surface area contributed by atoms with Crippen LogP contribution in [0.1, 0.15) is 25.3 Å². The smallest absolute Gasteiger partial charge is 0.231 e. The Hall–Kier alpha value is -2.21. The molecule has 0 aromatic heterocycles. The van der Waals surface area contributed by atoms with E-state index < -0.39 is 0 Å². The summed E-state index contributed by atoms with van der Waals surface area (Å²) in [5, 5.41) is 0. The van der Waals surface area contributed by atoms with Crippen LogP contribution in [0.25, 0.3) is 0 Å². The summed E-state index contributed by atoms with van der Waals surface area (Å²) in [5.41, 5.74) is 3.46. The van der Waals surface area contributed by atoms with Crippen molar-refractivity contribution < 1.29 is 18.9 Å². The zero-order chi connectivity index (χ0) is 17.9. The van der Waals surface area contributed by atoms with Gasteiger partial charge in [0.25, 0.3) is 0 Å². The van der Waals surface area contributed by atoms with E-state index in [2.05, 4.69) is 17.9 Å². The molecule has 0 amide bonds. The fraction of sp³-hybridized carbons (Fsp3) is 0.571. The van der Waals surface area contributed by atoms with Crippen LogP contribution < -0.4 is 14.2 Å². The van der Waals surface area contributed by atoms with Gasteiger partial charge in [0.1, 0.15) is 0 Å². The second-order valence-corrected chi connectivity index (χ2v) is 8.57. The van der Waals surface area contributed by atoms with E-state index in [1.54, 1.807) is 12.7 Å². The molecular formula is C21H22N2O4. The third-order valence-electron chi connectivity index (χ3n) is 7.89. The van der Waals surface area contributed by atoms with E-state index in [4.69, 9.17) is 23.9 Å². The molecule has 6 atom stereocenters. The minimum absolute atomic E-state index is 0.213. The molecule has 8 rings (SSSR count). The second kappa shape index (κ2) is 4.61. The maximum atomic E-state index is 6.40. The normalized spacial score (nSPS) is 42.7. The van der Waals surface area contributed by atoms with Gasteiger partial charge >= 0.3 is 0 Å². The van der Waals surface area contributed by atoms with Crippen LogP contribution in [0, 0.1) is 11.8 Å². The molecule has 0 aliphatic carbocycles. The molecule has 7 aliphatic rings. The molecule has 6 nitrogen and oxygen atoms in total. The van der Waals surface area contributed by atoms with Gasteiger partial charge in [-0.1, -0.05) is 11.6 Å². The van der Waals surface area contributed by atoms with Crippen molar-refractivity contribution >= 4 is 11.6 Å². The lowest BCUT2D eigenvalue weighted by Crippen LogP contribution is -2.61. The third-order valence-corrected chi connectivity index (χ3v) is 7.89. The second-order valence-electron chi connectivity index (χ2n) is 8.57.